The highest BCUT2D eigenvalue weighted by molar-refractivity contribution is 5.95. The quantitative estimate of drug-likeness (QED) is 0.771. The first kappa shape index (κ1) is 13.5. The fourth-order valence-corrected chi connectivity index (χ4v) is 2.32. The van der Waals surface area contributed by atoms with Gasteiger partial charge in [0.1, 0.15) is 0 Å². The standard InChI is InChI=1S/C14H18N2O3/c1-8-5-10(14(18)19)3-4-12(8)16-13(17)11-7-15-6-9(11)2/h3-5,9,11,15H,6-7H2,1-2H3,(H,16,17)(H,18,19)/t9-,11-/m1/s1. The van der Waals surface area contributed by atoms with Crippen molar-refractivity contribution in [3.63, 3.8) is 0 Å². The van der Waals surface area contributed by atoms with Crippen LogP contribution in [0.2, 0.25) is 0 Å². The minimum atomic E-state index is -0.963. The van der Waals surface area contributed by atoms with Gasteiger partial charge in [-0.3, -0.25) is 4.79 Å². The second-order valence-electron chi connectivity index (χ2n) is 5.07. The topological polar surface area (TPSA) is 78.4 Å². The predicted molar refractivity (Wildman–Crippen MR) is 72.3 cm³/mol. The fraction of sp³-hybridized carbons (Fsp3) is 0.429. The first-order chi connectivity index (χ1) is 8.99. The number of aromatic carboxylic acids is 1. The highest BCUT2D eigenvalue weighted by Gasteiger charge is 2.29. The maximum Gasteiger partial charge on any atom is 0.335 e. The molecule has 0 saturated carbocycles. The molecule has 0 bridgehead atoms. The van der Waals surface area contributed by atoms with E-state index in [2.05, 4.69) is 10.6 Å². The van der Waals surface area contributed by atoms with Crippen LogP contribution >= 0.6 is 0 Å². The van der Waals surface area contributed by atoms with E-state index in [9.17, 15) is 9.59 Å². The number of hydrogen-bond donors (Lipinski definition) is 3. The molecule has 0 unspecified atom stereocenters. The minimum Gasteiger partial charge on any atom is -0.478 e. The molecule has 1 aromatic rings. The number of nitrogens with one attached hydrogen (secondary N) is 2. The predicted octanol–water partition coefficient (Wildman–Crippen LogP) is 1.49. The molecule has 1 amide bonds. The molecule has 102 valence electrons. The van der Waals surface area contributed by atoms with Gasteiger partial charge in [0.25, 0.3) is 0 Å². The number of amides is 1. The summed E-state index contributed by atoms with van der Waals surface area (Å²) in [5, 5.41) is 15.0. The molecule has 19 heavy (non-hydrogen) atoms. The second-order valence-corrected chi connectivity index (χ2v) is 5.07. The molecule has 1 aliphatic heterocycles. The van der Waals surface area contributed by atoms with Crippen LogP contribution in [0.1, 0.15) is 22.8 Å². The number of rotatable bonds is 3. The van der Waals surface area contributed by atoms with Crippen molar-refractivity contribution in [2.45, 2.75) is 13.8 Å². The first-order valence-electron chi connectivity index (χ1n) is 6.34. The van der Waals surface area contributed by atoms with Crippen molar-refractivity contribution in [3.8, 4) is 0 Å². The summed E-state index contributed by atoms with van der Waals surface area (Å²) in [6.07, 6.45) is 0. The molecule has 0 spiro atoms. The lowest BCUT2D eigenvalue weighted by molar-refractivity contribution is -0.120. The summed E-state index contributed by atoms with van der Waals surface area (Å²) in [4.78, 5) is 23.0. The first-order valence-corrected chi connectivity index (χ1v) is 6.34. The van der Waals surface area contributed by atoms with Crippen LogP contribution in [0.3, 0.4) is 0 Å². The molecule has 0 radical (unpaired) electrons. The number of carbonyl (C=O) groups excluding carboxylic acids is 1. The Kier molecular flexibility index (Phi) is 3.85. The van der Waals surface area contributed by atoms with Crippen molar-refractivity contribution in [1.29, 1.82) is 0 Å². The molecule has 0 aromatic heterocycles. The molecule has 2 rings (SSSR count). The summed E-state index contributed by atoms with van der Waals surface area (Å²) in [5.41, 5.74) is 1.66. The van der Waals surface area contributed by atoms with E-state index in [4.69, 9.17) is 5.11 Å². The summed E-state index contributed by atoms with van der Waals surface area (Å²) in [6, 6.07) is 4.71. The van der Waals surface area contributed by atoms with E-state index in [1.54, 1.807) is 19.1 Å². The molecule has 2 atom stereocenters. The Hall–Kier alpha value is -1.88. The van der Waals surface area contributed by atoms with E-state index in [0.29, 0.717) is 18.2 Å². The number of aryl methyl sites for hydroxylation is 1. The van der Waals surface area contributed by atoms with Gasteiger partial charge in [0.05, 0.1) is 11.5 Å². The minimum absolute atomic E-state index is 0.0105. The number of anilines is 1. The molecule has 1 aliphatic rings. The van der Waals surface area contributed by atoms with Crippen LogP contribution in [-0.2, 0) is 4.79 Å². The second kappa shape index (κ2) is 5.40. The van der Waals surface area contributed by atoms with Crippen molar-refractivity contribution in [2.75, 3.05) is 18.4 Å². The van der Waals surface area contributed by atoms with Crippen LogP contribution in [0.15, 0.2) is 18.2 Å². The third-order valence-corrected chi connectivity index (χ3v) is 3.59. The van der Waals surface area contributed by atoms with Gasteiger partial charge < -0.3 is 15.7 Å². The molecule has 5 nitrogen and oxygen atoms in total. The largest absolute Gasteiger partial charge is 0.478 e. The fourth-order valence-electron chi connectivity index (χ4n) is 2.32. The van der Waals surface area contributed by atoms with E-state index < -0.39 is 5.97 Å². The summed E-state index contributed by atoms with van der Waals surface area (Å²) in [6.45, 7) is 5.39. The molecule has 1 heterocycles. The molecule has 1 aromatic carbocycles. The van der Waals surface area contributed by atoms with Crippen molar-refractivity contribution >= 4 is 17.6 Å². The lowest BCUT2D eigenvalue weighted by atomic mass is 9.97. The van der Waals surface area contributed by atoms with Gasteiger partial charge in [-0.15, -0.1) is 0 Å². The zero-order valence-corrected chi connectivity index (χ0v) is 11.1. The number of benzene rings is 1. The number of carboxylic acids is 1. The SMILES string of the molecule is Cc1cc(C(=O)O)ccc1NC(=O)[C@@H]1CNC[C@H]1C. The van der Waals surface area contributed by atoms with Crippen molar-refractivity contribution in [3.05, 3.63) is 29.3 Å². The van der Waals surface area contributed by atoms with E-state index >= 15 is 0 Å². The van der Waals surface area contributed by atoms with Crippen LogP contribution in [0, 0.1) is 18.8 Å². The highest BCUT2D eigenvalue weighted by atomic mass is 16.4. The maximum atomic E-state index is 12.1. The molecule has 0 aliphatic carbocycles. The Bertz CT molecular complexity index is 513. The van der Waals surface area contributed by atoms with E-state index in [-0.39, 0.29) is 17.4 Å². The van der Waals surface area contributed by atoms with Gasteiger partial charge in [-0.1, -0.05) is 6.92 Å². The molecule has 1 saturated heterocycles. The van der Waals surface area contributed by atoms with Crippen molar-refractivity contribution in [1.82, 2.24) is 5.32 Å². The summed E-state index contributed by atoms with van der Waals surface area (Å²) in [7, 11) is 0. The molecule has 3 N–H and O–H groups in total. The third-order valence-electron chi connectivity index (χ3n) is 3.59. The van der Waals surface area contributed by atoms with Crippen LogP contribution < -0.4 is 10.6 Å². The number of hydrogen-bond acceptors (Lipinski definition) is 3. The van der Waals surface area contributed by atoms with Gasteiger partial charge in [-0.25, -0.2) is 4.79 Å². The number of carbonyl (C=O) groups is 2. The summed E-state index contributed by atoms with van der Waals surface area (Å²) < 4.78 is 0. The van der Waals surface area contributed by atoms with Crippen LogP contribution in [0.4, 0.5) is 5.69 Å². The van der Waals surface area contributed by atoms with Crippen LogP contribution in [0.5, 0.6) is 0 Å². The molecular weight excluding hydrogens is 244 g/mol. The average molecular weight is 262 g/mol. The van der Waals surface area contributed by atoms with E-state index in [1.165, 1.54) is 6.07 Å². The molecular formula is C14H18N2O3. The third kappa shape index (κ3) is 2.93. The maximum absolute atomic E-state index is 12.1. The highest BCUT2D eigenvalue weighted by Crippen LogP contribution is 2.21. The Morgan fingerprint density at radius 1 is 1.37 bits per heavy atom. The summed E-state index contributed by atoms with van der Waals surface area (Å²) in [5.74, 6) is -0.685. The van der Waals surface area contributed by atoms with Gasteiger partial charge in [-0.05, 0) is 43.1 Å². The van der Waals surface area contributed by atoms with Gasteiger partial charge in [-0.2, -0.15) is 0 Å². The smallest absolute Gasteiger partial charge is 0.335 e. The lowest BCUT2D eigenvalue weighted by Crippen LogP contribution is -2.28. The van der Waals surface area contributed by atoms with Crippen LogP contribution in [-0.4, -0.2) is 30.1 Å². The Morgan fingerprint density at radius 3 is 2.63 bits per heavy atom. The Labute approximate surface area is 112 Å². The normalized spacial score (nSPS) is 22.2. The van der Waals surface area contributed by atoms with Gasteiger partial charge in [0, 0.05) is 12.2 Å². The van der Waals surface area contributed by atoms with E-state index in [0.717, 1.165) is 12.1 Å². The van der Waals surface area contributed by atoms with Crippen LogP contribution in [0.25, 0.3) is 0 Å². The molecule has 5 heteroatoms. The Morgan fingerprint density at radius 2 is 2.11 bits per heavy atom. The van der Waals surface area contributed by atoms with Crippen molar-refractivity contribution < 1.29 is 14.7 Å². The van der Waals surface area contributed by atoms with E-state index in [1.807, 2.05) is 6.92 Å². The summed E-state index contributed by atoms with van der Waals surface area (Å²) >= 11 is 0. The zero-order valence-electron chi connectivity index (χ0n) is 11.1. The van der Waals surface area contributed by atoms with Gasteiger partial charge in [0.2, 0.25) is 5.91 Å². The van der Waals surface area contributed by atoms with Gasteiger partial charge >= 0.3 is 5.97 Å². The van der Waals surface area contributed by atoms with Crippen molar-refractivity contribution in [2.24, 2.45) is 11.8 Å². The monoisotopic (exact) mass is 262 g/mol. The van der Waals surface area contributed by atoms with Gasteiger partial charge in [0.15, 0.2) is 0 Å². The molecule has 1 fully saturated rings. The lowest BCUT2D eigenvalue weighted by Gasteiger charge is -2.15. The average Bonchev–Trinajstić information content (AvgIpc) is 2.77. The Balaban J connectivity index is 2.11. The number of carboxylic acid groups (broad SMARTS) is 1. The zero-order chi connectivity index (χ0) is 14.0.